The summed E-state index contributed by atoms with van der Waals surface area (Å²) in [5.41, 5.74) is -1.25. The Labute approximate surface area is 179 Å². The van der Waals surface area contributed by atoms with Gasteiger partial charge in [0.15, 0.2) is 11.3 Å². The number of ketones is 1. The first-order chi connectivity index (χ1) is 13.5. The van der Waals surface area contributed by atoms with Crippen LogP contribution in [0.3, 0.4) is 0 Å². The van der Waals surface area contributed by atoms with Crippen molar-refractivity contribution in [3.8, 4) is 0 Å². The second-order valence-corrected chi connectivity index (χ2v) is 9.03. The van der Waals surface area contributed by atoms with E-state index < -0.39 is 27.3 Å². The molecule has 2 aromatic rings. The molecule has 29 heavy (non-hydrogen) atoms. The number of hydrogen-bond acceptors (Lipinski definition) is 5. The highest BCUT2D eigenvalue weighted by Gasteiger charge is 2.49. The number of halogens is 1. The van der Waals surface area contributed by atoms with Gasteiger partial charge in [-0.15, -0.1) is 0 Å². The van der Waals surface area contributed by atoms with Crippen LogP contribution < -0.4 is 4.72 Å². The number of esters is 1. The summed E-state index contributed by atoms with van der Waals surface area (Å²) in [6, 6.07) is 12.5. The average Bonchev–Trinajstić information content (AvgIpc) is 2.66. The van der Waals surface area contributed by atoms with Crippen LogP contribution in [0.5, 0.6) is 0 Å². The molecule has 0 saturated heterocycles. The molecule has 2 aromatic carbocycles. The summed E-state index contributed by atoms with van der Waals surface area (Å²) in [6.07, 6.45) is 0. The Balaban J connectivity index is 2.74. The minimum atomic E-state index is -4.21. The van der Waals surface area contributed by atoms with E-state index in [0.29, 0.717) is 4.47 Å². The third-order valence-corrected chi connectivity index (χ3v) is 6.35. The number of rotatable bonds is 8. The Kier molecular flexibility index (Phi) is 7.15. The summed E-state index contributed by atoms with van der Waals surface area (Å²) in [7, 11) is -4.21. The van der Waals surface area contributed by atoms with Gasteiger partial charge in [0, 0.05) is 10.0 Å². The molecule has 6 nitrogen and oxygen atoms in total. The number of nitrogens with one attached hydrogen (secondary N) is 1. The lowest BCUT2D eigenvalue weighted by Gasteiger charge is -2.33. The zero-order valence-electron chi connectivity index (χ0n) is 16.4. The van der Waals surface area contributed by atoms with E-state index in [0.717, 1.165) is 5.56 Å². The molecule has 0 radical (unpaired) electrons. The van der Waals surface area contributed by atoms with Crippen molar-refractivity contribution in [3.05, 3.63) is 76.3 Å². The summed E-state index contributed by atoms with van der Waals surface area (Å²) >= 11 is 3.31. The van der Waals surface area contributed by atoms with Crippen LogP contribution in [-0.4, -0.2) is 26.8 Å². The molecule has 0 bridgehead atoms. The summed E-state index contributed by atoms with van der Waals surface area (Å²) in [5.74, 6) is -1.48. The average molecular weight is 480 g/mol. The number of carbonyl (C=O) groups excluding carboxylic acids is 2. The third kappa shape index (κ3) is 4.83. The molecule has 0 aliphatic heterocycles. The van der Waals surface area contributed by atoms with Crippen LogP contribution in [0.2, 0.25) is 0 Å². The predicted octanol–water partition coefficient (Wildman–Crippen LogP) is 3.64. The lowest BCUT2D eigenvalue weighted by atomic mass is 9.82. The number of Topliss-reactive ketones (excluding diaryl/α,β-unsaturated/α-hetero) is 1. The minimum absolute atomic E-state index is 0.00540. The standard InChI is InChI=1S/C21H22BrNO5S/c1-5-28-20(25)21(15(3)16(4)24,17-8-10-18(22)11-9-17)23-29(26,27)19-12-6-14(2)7-13-19/h6-13,23H,3,5H2,1-2,4H3/t21-/m0/s1. The van der Waals surface area contributed by atoms with Gasteiger partial charge in [0.05, 0.1) is 11.5 Å². The van der Waals surface area contributed by atoms with Crippen molar-refractivity contribution >= 4 is 37.7 Å². The fourth-order valence-electron chi connectivity index (χ4n) is 2.76. The Morgan fingerprint density at radius 2 is 1.66 bits per heavy atom. The molecule has 0 unspecified atom stereocenters. The van der Waals surface area contributed by atoms with E-state index in [4.69, 9.17) is 4.74 Å². The molecule has 154 valence electrons. The van der Waals surface area contributed by atoms with E-state index in [1.54, 1.807) is 31.2 Å². The molecule has 0 aromatic heterocycles. The molecule has 0 aliphatic rings. The van der Waals surface area contributed by atoms with Crippen molar-refractivity contribution in [2.75, 3.05) is 6.61 Å². The number of hydrogen-bond donors (Lipinski definition) is 1. The van der Waals surface area contributed by atoms with E-state index in [2.05, 4.69) is 27.2 Å². The summed E-state index contributed by atoms with van der Waals surface area (Å²) < 4.78 is 34.6. The first-order valence-electron chi connectivity index (χ1n) is 8.79. The molecular weight excluding hydrogens is 458 g/mol. The molecular formula is C21H22BrNO5S. The van der Waals surface area contributed by atoms with Crippen molar-refractivity contribution in [2.24, 2.45) is 0 Å². The van der Waals surface area contributed by atoms with Crippen LogP contribution in [0.25, 0.3) is 0 Å². The molecule has 0 spiro atoms. The number of ether oxygens (including phenoxy) is 1. The maximum Gasteiger partial charge on any atom is 0.336 e. The third-order valence-electron chi connectivity index (χ3n) is 4.36. The second-order valence-electron chi connectivity index (χ2n) is 6.43. The minimum Gasteiger partial charge on any atom is -0.464 e. The van der Waals surface area contributed by atoms with Gasteiger partial charge in [0.25, 0.3) is 0 Å². The highest BCUT2D eigenvalue weighted by molar-refractivity contribution is 9.10. The molecule has 0 heterocycles. The molecule has 0 aliphatic carbocycles. The van der Waals surface area contributed by atoms with Gasteiger partial charge in [-0.05, 0) is 50.6 Å². The van der Waals surface area contributed by atoms with Gasteiger partial charge in [-0.1, -0.05) is 52.3 Å². The monoisotopic (exact) mass is 479 g/mol. The fourth-order valence-corrected chi connectivity index (χ4v) is 4.36. The molecule has 1 N–H and O–H groups in total. The number of carbonyl (C=O) groups is 2. The number of aryl methyl sites for hydroxylation is 1. The van der Waals surface area contributed by atoms with Crippen LogP contribution in [-0.2, 0) is 29.9 Å². The van der Waals surface area contributed by atoms with Gasteiger partial charge in [-0.3, -0.25) is 4.79 Å². The predicted molar refractivity (Wildman–Crippen MR) is 114 cm³/mol. The summed E-state index contributed by atoms with van der Waals surface area (Å²) in [6.45, 7) is 8.36. The Morgan fingerprint density at radius 1 is 1.10 bits per heavy atom. The molecule has 8 heteroatoms. The zero-order valence-corrected chi connectivity index (χ0v) is 18.8. The van der Waals surface area contributed by atoms with Crippen LogP contribution in [0.4, 0.5) is 0 Å². The maximum absolute atomic E-state index is 13.2. The summed E-state index contributed by atoms with van der Waals surface area (Å²) in [5, 5.41) is 0. The van der Waals surface area contributed by atoms with Crippen LogP contribution >= 0.6 is 15.9 Å². The van der Waals surface area contributed by atoms with Gasteiger partial charge in [-0.25, -0.2) is 13.2 Å². The van der Waals surface area contributed by atoms with Crippen molar-refractivity contribution in [1.82, 2.24) is 4.72 Å². The maximum atomic E-state index is 13.2. The summed E-state index contributed by atoms with van der Waals surface area (Å²) in [4.78, 5) is 25.3. The largest absolute Gasteiger partial charge is 0.464 e. The molecule has 0 saturated carbocycles. The van der Waals surface area contributed by atoms with Crippen LogP contribution in [0.15, 0.2) is 70.1 Å². The number of sulfonamides is 1. The van der Waals surface area contributed by atoms with Crippen molar-refractivity contribution in [2.45, 2.75) is 31.2 Å². The van der Waals surface area contributed by atoms with Crippen molar-refractivity contribution in [3.63, 3.8) is 0 Å². The second kappa shape index (κ2) is 9.02. The van der Waals surface area contributed by atoms with E-state index in [1.165, 1.54) is 31.2 Å². The Morgan fingerprint density at radius 3 is 2.14 bits per heavy atom. The van der Waals surface area contributed by atoms with Crippen LogP contribution in [0.1, 0.15) is 25.0 Å². The lowest BCUT2D eigenvalue weighted by Crippen LogP contribution is -2.55. The highest BCUT2D eigenvalue weighted by atomic mass is 79.9. The van der Waals surface area contributed by atoms with E-state index in [-0.39, 0.29) is 22.6 Å². The van der Waals surface area contributed by atoms with E-state index in [1.807, 2.05) is 6.92 Å². The van der Waals surface area contributed by atoms with Crippen LogP contribution in [0, 0.1) is 6.92 Å². The highest BCUT2D eigenvalue weighted by Crippen LogP contribution is 2.34. The molecule has 1 atom stereocenters. The van der Waals surface area contributed by atoms with Crippen molar-refractivity contribution in [1.29, 1.82) is 0 Å². The Bertz CT molecular complexity index is 1030. The quantitative estimate of drug-likeness (QED) is 0.461. The first-order valence-corrected chi connectivity index (χ1v) is 11.1. The smallest absolute Gasteiger partial charge is 0.336 e. The number of benzene rings is 2. The normalized spacial score (nSPS) is 13.4. The molecule has 0 amide bonds. The van der Waals surface area contributed by atoms with Gasteiger partial charge < -0.3 is 4.74 Å². The lowest BCUT2D eigenvalue weighted by molar-refractivity contribution is -0.150. The first kappa shape index (κ1) is 23.0. The van der Waals surface area contributed by atoms with Crippen molar-refractivity contribution < 1.29 is 22.7 Å². The van der Waals surface area contributed by atoms with Gasteiger partial charge in [0.1, 0.15) is 0 Å². The van der Waals surface area contributed by atoms with Gasteiger partial charge >= 0.3 is 5.97 Å². The zero-order chi connectivity index (χ0) is 21.8. The van der Waals surface area contributed by atoms with E-state index >= 15 is 0 Å². The molecule has 2 rings (SSSR count). The van der Waals surface area contributed by atoms with E-state index in [9.17, 15) is 18.0 Å². The molecule has 0 fully saturated rings. The SMILES string of the molecule is C=C(C(C)=O)[C@@](NS(=O)(=O)c1ccc(C)cc1)(C(=O)OCC)c1ccc(Br)cc1. The van der Waals surface area contributed by atoms with Gasteiger partial charge in [-0.2, -0.15) is 4.72 Å². The fraction of sp³-hybridized carbons (Fsp3) is 0.238. The Hall–Kier alpha value is -2.29. The topological polar surface area (TPSA) is 89.5 Å². The van der Waals surface area contributed by atoms with Gasteiger partial charge in [0.2, 0.25) is 10.0 Å².